The molecule has 0 unspecified atom stereocenters. The lowest BCUT2D eigenvalue weighted by Gasteiger charge is -2.06. The first-order valence-electron chi connectivity index (χ1n) is 4.15. The van der Waals surface area contributed by atoms with Crippen molar-refractivity contribution in [3.63, 3.8) is 0 Å². The van der Waals surface area contributed by atoms with Crippen molar-refractivity contribution >= 4 is 22.2 Å². The molecular formula is C10H11BrO2. The maximum absolute atomic E-state index is 10.6. The van der Waals surface area contributed by atoms with Crippen LogP contribution in [-0.2, 0) is 0 Å². The van der Waals surface area contributed by atoms with Crippen LogP contribution in [0, 0.1) is 0 Å². The quantitative estimate of drug-likeness (QED) is 0.759. The molecule has 1 aromatic carbocycles. The second kappa shape index (κ2) is 5.02. The Hall–Kier alpha value is -0.830. The summed E-state index contributed by atoms with van der Waals surface area (Å²) in [7, 11) is 0. The fourth-order valence-electron chi connectivity index (χ4n) is 0.955. The summed E-state index contributed by atoms with van der Waals surface area (Å²) in [6.45, 7) is 2.67. The number of benzene rings is 1. The minimum Gasteiger partial charge on any atom is -0.493 e. The maximum atomic E-state index is 10.6. The molecule has 0 heterocycles. The van der Waals surface area contributed by atoms with Crippen LogP contribution in [0.3, 0.4) is 0 Å². The van der Waals surface area contributed by atoms with Gasteiger partial charge in [0.15, 0.2) is 6.29 Å². The molecular weight excluding hydrogens is 232 g/mol. The van der Waals surface area contributed by atoms with Crippen molar-refractivity contribution in [1.29, 1.82) is 0 Å². The van der Waals surface area contributed by atoms with E-state index in [0.717, 1.165) is 17.2 Å². The Labute approximate surface area is 86.0 Å². The summed E-state index contributed by atoms with van der Waals surface area (Å²) in [5, 5.41) is 0. The molecule has 0 N–H and O–H groups in total. The van der Waals surface area contributed by atoms with E-state index >= 15 is 0 Å². The summed E-state index contributed by atoms with van der Waals surface area (Å²) in [6.07, 6.45) is 1.74. The predicted octanol–water partition coefficient (Wildman–Crippen LogP) is 3.05. The molecule has 3 heteroatoms. The van der Waals surface area contributed by atoms with Crippen LogP contribution in [0.2, 0.25) is 0 Å². The predicted molar refractivity (Wildman–Crippen MR) is 55.3 cm³/mol. The Kier molecular flexibility index (Phi) is 3.96. The largest absolute Gasteiger partial charge is 0.493 e. The van der Waals surface area contributed by atoms with Gasteiger partial charge in [0.1, 0.15) is 5.75 Å². The molecule has 0 fully saturated rings. The lowest BCUT2D eigenvalue weighted by atomic mass is 10.2. The fourth-order valence-corrected chi connectivity index (χ4v) is 1.33. The van der Waals surface area contributed by atoms with Gasteiger partial charge in [-0.15, -0.1) is 0 Å². The highest BCUT2D eigenvalue weighted by Crippen LogP contribution is 2.21. The van der Waals surface area contributed by atoms with Crippen LogP contribution in [0.4, 0.5) is 0 Å². The highest BCUT2D eigenvalue weighted by atomic mass is 79.9. The van der Waals surface area contributed by atoms with Gasteiger partial charge in [-0.2, -0.15) is 0 Å². The SMILES string of the molecule is CCCOc1ccc(Br)cc1C=O. The topological polar surface area (TPSA) is 26.3 Å². The molecule has 0 aromatic heterocycles. The van der Waals surface area contributed by atoms with Gasteiger partial charge in [0.05, 0.1) is 12.2 Å². The number of hydrogen-bond acceptors (Lipinski definition) is 2. The van der Waals surface area contributed by atoms with Crippen molar-refractivity contribution in [2.45, 2.75) is 13.3 Å². The third kappa shape index (κ3) is 2.84. The molecule has 0 amide bonds. The van der Waals surface area contributed by atoms with Crippen molar-refractivity contribution in [2.24, 2.45) is 0 Å². The van der Waals surface area contributed by atoms with E-state index in [9.17, 15) is 4.79 Å². The molecule has 1 aromatic rings. The van der Waals surface area contributed by atoms with E-state index in [0.29, 0.717) is 17.9 Å². The number of rotatable bonds is 4. The van der Waals surface area contributed by atoms with Gasteiger partial charge in [0.25, 0.3) is 0 Å². The molecule has 13 heavy (non-hydrogen) atoms. The lowest BCUT2D eigenvalue weighted by molar-refractivity contribution is 0.111. The molecule has 0 radical (unpaired) electrons. The van der Waals surface area contributed by atoms with Gasteiger partial charge < -0.3 is 4.74 Å². The average molecular weight is 243 g/mol. The molecule has 0 aliphatic rings. The van der Waals surface area contributed by atoms with Crippen LogP contribution >= 0.6 is 15.9 Å². The Morgan fingerprint density at radius 1 is 1.54 bits per heavy atom. The molecule has 0 aliphatic carbocycles. The second-order valence-corrected chi connectivity index (χ2v) is 3.56. The standard InChI is InChI=1S/C10H11BrO2/c1-2-5-13-10-4-3-9(11)6-8(10)7-12/h3-4,6-7H,2,5H2,1H3. The third-order valence-electron chi connectivity index (χ3n) is 1.56. The van der Waals surface area contributed by atoms with Crippen LogP contribution in [-0.4, -0.2) is 12.9 Å². The number of halogens is 1. The van der Waals surface area contributed by atoms with Crippen molar-refractivity contribution in [3.8, 4) is 5.75 Å². The monoisotopic (exact) mass is 242 g/mol. The summed E-state index contributed by atoms with van der Waals surface area (Å²) in [5.41, 5.74) is 0.586. The minimum absolute atomic E-state index is 0.586. The van der Waals surface area contributed by atoms with Crippen molar-refractivity contribution in [1.82, 2.24) is 0 Å². The molecule has 0 saturated carbocycles. The molecule has 0 spiro atoms. The van der Waals surface area contributed by atoms with E-state index in [1.54, 1.807) is 12.1 Å². The molecule has 0 saturated heterocycles. The van der Waals surface area contributed by atoms with Crippen LogP contribution in [0.1, 0.15) is 23.7 Å². The first-order valence-corrected chi connectivity index (χ1v) is 4.94. The van der Waals surface area contributed by atoms with Crippen molar-refractivity contribution < 1.29 is 9.53 Å². The van der Waals surface area contributed by atoms with Gasteiger partial charge in [-0.1, -0.05) is 22.9 Å². The highest BCUT2D eigenvalue weighted by Gasteiger charge is 2.02. The second-order valence-electron chi connectivity index (χ2n) is 2.65. The summed E-state index contributed by atoms with van der Waals surface area (Å²) in [5.74, 6) is 0.653. The summed E-state index contributed by atoms with van der Waals surface area (Å²) < 4.78 is 6.27. The Bertz CT molecular complexity index is 297. The van der Waals surface area contributed by atoms with Crippen LogP contribution in [0.15, 0.2) is 22.7 Å². The number of ether oxygens (including phenoxy) is 1. The number of aldehydes is 1. The highest BCUT2D eigenvalue weighted by molar-refractivity contribution is 9.10. The number of hydrogen-bond donors (Lipinski definition) is 0. The Morgan fingerprint density at radius 3 is 2.92 bits per heavy atom. The third-order valence-corrected chi connectivity index (χ3v) is 2.05. The van der Waals surface area contributed by atoms with E-state index in [1.807, 2.05) is 13.0 Å². The molecule has 2 nitrogen and oxygen atoms in total. The molecule has 70 valence electrons. The summed E-state index contributed by atoms with van der Waals surface area (Å²) >= 11 is 3.29. The normalized spacial score (nSPS) is 9.69. The van der Waals surface area contributed by atoms with Gasteiger partial charge in [-0.05, 0) is 24.6 Å². The first-order chi connectivity index (χ1) is 6.27. The van der Waals surface area contributed by atoms with Crippen LogP contribution in [0.5, 0.6) is 5.75 Å². The zero-order valence-electron chi connectivity index (χ0n) is 7.42. The minimum atomic E-state index is 0.586. The van der Waals surface area contributed by atoms with Crippen LogP contribution < -0.4 is 4.74 Å². The van der Waals surface area contributed by atoms with Gasteiger partial charge in [0.2, 0.25) is 0 Å². The van der Waals surface area contributed by atoms with E-state index in [4.69, 9.17) is 4.74 Å². The Morgan fingerprint density at radius 2 is 2.31 bits per heavy atom. The zero-order valence-corrected chi connectivity index (χ0v) is 9.00. The number of carbonyl (C=O) groups is 1. The summed E-state index contributed by atoms with van der Waals surface area (Å²) in [4.78, 5) is 10.6. The molecule has 1 rings (SSSR count). The average Bonchev–Trinajstić information content (AvgIpc) is 2.16. The van der Waals surface area contributed by atoms with Gasteiger partial charge in [0, 0.05) is 4.47 Å². The molecule has 0 bridgehead atoms. The van der Waals surface area contributed by atoms with Gasteiger partial charge in [-0.25, -0.2) is 0 Å². The number of carbonyl (C=O) groups excluding carboxylic acids is 1. The lowest BCUT2D eigenvalue weighted by Crippen LogP contribution is -1.98. The zero-order chi connectivity index (χ0) is 9.68. The fraction of sp³-hybridized carbons (Fsp3) is 0.300. The van der Waals surface area contributed by atoms with Gasteiger partial charge in [-0.3, -0.25) is 4.79 Å². The molecule has 0 atom stereocenters. The smallest absolute Gasteiger partial charge is 0.153 e. The van der Waals surface area contributed by atoms with Crippen LogP contribution in [0.25, 0.3) is 0 Å². The maximum Gasteiger partial charge on any atom is 0.153 e. The van der Waals surface area contributed by atoms with Crippen molar-refractivity contribution in [2.75, 3.05) is 6.61 Å². The van der Waals surface area contributed by atoms with E-state index in [1.165, 1.54) is 0 Å². The van der Waals surface area contributed by atoms with Crippen molar-refractivity contribution in [3.05, 3.63) is 28.2 Å². The van der Waals surface area contributed by atoms with E-state index in [-0.39, 0.29) is 0 Å². The van der Waals surface area contributed by atoms with E-state index in [2.05, 4.69) is 15.9 Å². The van der Waals surface area contributed by atoms with E-state index < -0.39 is 0 Å². The molecule has 0 aliphatic heterocycles. The van der Waals surface area contributed by atoms with Gasteiger partial charge >= 0.3 is 0 Å². The summed E-state index contributed by atoms with van der Waals surface area (Å²) in [6, 6.07) is 5.40. The first kappa shape index (κ1) is 10.3. The Balaban J connectivity index is 2.86.